The van der Waals surface area contributed by atoms with Gasteiger partial charge in [-0.2, -0.15) is 0 Å². The molecule has 248 valence electrons. The molecule has 53 heavy (non-hydrogen) atoms. The van der Waals surface area contributed by atoms with Crippen molar-refractivity contribution in [2.45, 2.75) is 0 Å². The van der Waals surface area contributed by atoms with Crippen molar-refractivity contribution in [1.82, 2.24) is 0 Å². The first kappa shape index (κ1) is 30.0. The Balaban J connectivity index is 1.02. The third-order valence-electron chi connectivity index (χ3n) is 10.6. The zero-order valence-corrected chi connectivity index (χ0v) is 29.5. The van der Waals surface area contributed by atoms with Gasteiger partial charge in [0.05, 0.1) is 10.4 Å². The second-order valence-electron chi connectivity index (χ2n) is 13.7. The van der Waals surface area contributed by atoms with Gasteiger partial charge >= 0.3 is 0 Å². The van der Waals surface area contributed by atoms with Crippen LogP contribution in [0.25, 0.3) is 85.9 Å². The van der Waals surface area contributed by atoms with Gasteiger partial charge in [0.15, 0.2) is 0 Å². The van der Waals surface area contributed by atoms with Crippen molar-refractivity contribution < 1.29 is 4.42 Å². The average Bonchev–Trinajstić information content (AvgIpc) is 3.78. The molecular formula is C50H31NOS. The van der Waals surface area contributed by atoms with Crippen LogP contribution in [0.1, 0.15) is 0 Å². The summed E-state index contributed by atoms with van der Waals surface area (Å²) >= 11 is 1.86. The zero-order valence-electron chi connectivity index (χ0n) is 28.7. The van der Waals surface area contributed by atoms with Crippen LogP contribution in [0.2, 0.25) is 0 Å². The van der Waals surface area contributed by atoms with E-state index in [1.165, 1.54) is 58.5 Å². The largest absolute Gasteiger partial charge is 0.456 e. The van der Waals surface area contributed by atoms with Gasteiger partial charge in [-0.1, -0.05) is 127 Å². The molecule has 0 aliphatic rings. The van der Waals surface area contributed by atoms with E-state index in [4.69, 9.17) is 4.42 Å². The molecule has 0 spiro atoms. The Morgan fingerprint density at radius 2 is 0.981 bits per heavy atom. The van der Waals surface area contributed by atoms with E-state index >= 15 is 0 Å². The van der Waals surface area contributed by atoms with E-state index in [1.54, 1.807) is 0 Å². The second-order valence-corrected chi connectivity index (χ2v) is 14.8. The van der Waals surface area contributed by atoms with Gasteiger partial charge in [0.2, 0.25) is 0 Å². The van der Waals surface area contributed by atoms with Gasteiger partial charge in [-0.15, -0.1) is 11.3 Å². The molecule has 0 amide bonds. The van der Waals surface area contributed by atoms with Crippen molar-refractivity contribution in [3.63, 3.8) is 0 Å². The van der Waals surface area contributed by atoms with E-state index < -0.39 is 0 Å². The number of thiophene rings is 1. The molecule has 2 aromatic heterocycles. The summed E-state index contributed by atoms with van der Waals surface area (Å²) in [6, 6.07) is 68.0. The van der Waals surface area contributed by atoms with Crippen LogP contribution in [0.5, 0.6) is 0 Å². The summed E-state index contributed by atoms with van der Waals surface area (Å²) in [6.45, 7) is 0. The van der Waals surface area contributed by atoms with Crippen molar-refractivity contribution in [3.05, 3.63) is 188 Å². The van der Waals surface area contributed by atoms with Gasteiger partial charge in [-0.3, -0.25) is 0 Å². The van der Waals surface area contributed by atoms with Gasteiger partial charge in [0, 0.05) is 37.6 Å². The van der Waals surface area contributed by atoms with Crippen LogP contribution in [0.15, 0.2) is 192 Å². The van der Waals surface area contributed by atoms with Gasteiger partial charge < -0.3 is 9.32 Å². The molecule has 11 aromatic rings. The highest BCUT2D eigenvalue weighted by Crippen LogP contribution is 2.45. The molecule has 0 fully saturated rings. The Morgan fingerprint density at radius 1 is 0.377 bits per heavy atom. The number of hydrogen-bond acceptors (Lipinski definition) is 3. The van der Waals surface area contributed by atoms with Crippen LogP contribution >= 0.6 is 11.3 Å². The lowest BCUT2D eigenvalue weighted by atomic mass is 9.98. The van der Waals surface area contributed by atoms with Crippen LogP contribution < -0.4 is 4.90 Å². The van der Waals surface area contributed by atoms with Gasteiger partial charge in [-0.25, -0.2) is 0 Å². The molecule has 9 aromatic carbocycles. The van der Waals surface area contributed by atoms with Crippen LogP contribution in [-0.4, -0.2) is 0 Å². The van der Waals surface area contributed by atoms with Crippen molar-refractivity contribution in [2.24, 2.45) is 0 Å². The summed E-state index contributed by atoms with van der Waals surface area (Å²) < 4.78 is 9.00. The highest BCUT2D eigenvalue weighted by molar-refractivity contribution is 7.26. The van der Waals surface area contributed by atoms with Crippen molar-refractivity contribution in [1.29, 1.82) is 0 Å². The quantitative estimate of drug-likeness (QED) is 0.178. The first-order valence-electron chi connectivity index (χ1n) is 18.0. The van der Waals surface area contributed by atoms with E-state index in [0.717, 1.165) is 44.4 Å². The van der Waals surface area contributed by atoms with Crippen LogP contribution in [0, 0.1) is 0 Å². The maximum Gasteiger partial charge on any atom is 0.136 e. The third-order valence-corrected chi connectivity index (χ3v) is 11.9. The van der Waals surface area contributed by atoms with E-state index in [1.807, 2.05) is 11.3 Å². The van der Waals surface area contributed by atoms with E-state index in [9.17, 15) is 0 Å². The molecule has 0 aliphatic heterocycles. The number of hydrogen-bond donors (Lipinski definition) is 0. The first-order valence-corrected chi connectivity index (χ1v) is 18.8. The highest BCUT2D eigenvalue weighted by Gasteiger charge is 2.19. The van der Waals surface area contributed by atoms with Crippen LogP contribution in [-0.2, 0) is 0 Å². The predicted octanol–water partition coefficient (Wildman–Crippen LogP) is 15.1. The maximum atomic E-state index is 6.42. The minimum atomic E-state index is 0.904. The summed E-state index contributed by atoms with van der Waals surface area (Å²) in [6.07, 6.45) is 0. The Labute approximate surface area is 310 Å². The standard InChI is InChI=1S/C50H31NOS/c1-2-11-36-30-48-45(29-35(36)10-1)42-28-23-37(31-47(42)52-48)32-19-24-38(25-20-32)51(46-17-8-16-44-43-14-5-6-18-49(43)53-50(44)46)39-26-21-34(22-27-39)41-15-7-12-33-9-3-4-13-40(33)41/h1-31H. The lowest BCUT2D eigenvalue weighted by Crippen LogP contribution is -2.10. The molecule has 0 atom stereocenters. The van der Waals surface area contributed by atoms with Crippen LogP contribution in [0.4, 0.5) is 17.1 Å². The summed E-state index contributed by atoms with van der Waals surface area (Å²) in [4.78, 5) is 2.40. The minimum Gasteiger partial charge on any atom is -0.456 e. The van der Waals surface area contributed by atoms with E-state index in [0.29, 0.717) is 0 Å². The van der Waals surface area contributed by atoms with Crippen LogP contribution in [0.3, 0.4) is 0 Å². The molecule has 3 heteroatoms. The molecule has 0 unspecified atom stereocenters. The number of anilines is 3. The Hall–Kier alpha value is -6.68. The molecule has 0 bridgehead atoms. The second kappa shape index (κ2) is 11.9. The summed E-state index contributed by atoms with van der Waals surface area (Å²) in [5.41, 5.74) is 9.94. The molecule has 2 nitrogen and oxygen atoms in total. The molecule has 0 aliphatic carbocycles. The predicted molar refractivity (Wildman–Crippen MR) is 227 cm³/mol. The monoisotopic (exact) mass is 693 g/mol. The fourth-order valence-corrected chi connectivity index (χ4v) is 9.25. The maximum absolute atomic E-state index is 6.42. The molecule has 0 radical (unpaired) electrons. The molecule has 0 N–H and O–H groups in total. The number of nitrogens with zero attached hydrogens (tertiary/aromatic N) is 1. The Bertz CT molecular complexity index is 3160. The van der Waals surface area contributed by atoms with E-state index in [2.05, 4.69) is 193 Å². The number of benzene rings is 9. The zero-order chi connectivity index (χ0) is 34.9. The normalized spacial score (nSPS) is 11.8. The summed E-state index contributed by atoms with van der Waals surface area (Å²) in [5, 5.41) is 9.79. The molecule has 2 heterocycles. The molecular weight excluding hydrogens is 663 g/mol. The van der Waals surface area contributed by atoms with Gasteiger partial charge in [-0.05, 0) is 104 Å². The minimum absolute atomic E-state index is 0.904. The average molecular weight is 694 g/mol. The fraction of sp³-hybridized carbons (Fsp3) is 0. The number of fused-ring (bicyclic) bond motifs is 8. The van der Waals surface area contributed by atoms with Gasteiger partial charge in [0.1, 0.15) is 11.2 Å². The third kappa shape index (κ3) is 4.93. The summed E-state index contributed by atoms with van der Waals surface area (Å²) in [5.74, 6) is 0. The topological polar surface area (TPSA) is 16.4 Å². The molecule has 11 rings (SSSR count). The van der Waals surface area contributed by atoms with E-state index in [-0.39, 0.29) is 0 Å². The number of furan rings is 1. The molecule has 0 saturated heterocycles. The van der Waals surface area contributed by atoms with Crippen molar-refractivity contribution in [2.75, 3.05) is 4.90 Å². The van der Waals surface area contributed by atoms with Crippen molar-refractivity contribution in [3.8, 4) is 22.3 Å². The SMILES string of the molecule is c1ccc2cc3c(cc2c1)oc1cc(-c2ccc(N(c4ccc(-c5cccc6ccccc56)cc4)c4cccc5c4sc4ccccc45)cc2)ccc13. The number of rotatable bonds is 5. The smallest absolute Gasteiger partial charge is 0.136 e. The Kier molecular flexibility index (Phi) is 6.76. The summed E-state index contributed by atoms with van der Waals surface area (Å²) in [7, 11) is 0. The van der Waals surface area contributed by atoms with Crippen molar-refractivity contribution >= 4 is 92.1 Å². The molecule has 0 saturated carbocycles. The lowest BCUT2D eigenvalue weighted by molar-refractivity contribution is 0.669. The highest BCUT2D eigenvalue weighted by atomic mass is 32.1. The fourth-order valence-electron chi connectivity index (χ4n) is 8.05. The van der Waals surface area contributed by atoms with Gasteiger partial charge in [0.25, 0.3) is 0 Å². The lowest BCUT2D eigenvalue weighted by Gasteiger charge is -2.26. The Morgan fingerprint density at radius 3 is 1.79 bits per heavy atom. The first-order chi connectivity index (χ1) is 26.2.